The number of hydrogen-bond donors (Lipinski definition) is 1. The van der Waals surface area contributed by atoms with Gasteiger partial charge in [-0.25, -0.2) is 14.8 Å². The molecule has 0 aliphatic carbocycles. The molecule has 1 N–H and O–H groups in total. The first-order chi connectivity index (χ1) is 7.70. The molecule has 0 atom stereocenters. The van der Waals surface area contributed by atoms with E-state index >= 15 is 0 Å². The third-order valence-corrected chi connectivity index (χ3v) is 2.07. The predicted molar refractivity (Wildman–Crippen MR) is 62.6 cm³/mol. The van der Waals surface area contributed by atoms with Crippen molar-refractivity contribution in [1.29, 1.82) is 0 Å². The zero-order valence-corrected chi connectivity index (χ0v) is 9.56. The number of para-hydroxylation sites is 1. The van der Waals surface area contributed by atoms with Crippen molar-refractivity contribution < 1.29 is 9.90 Å². The van der Waals surface area contributed by atoms with Crippen LogP contribution in [-0.2, 0) is 0 Å². The summed E-state index contributed by atoms with van der Waals surface area (Å²) in [4.78, 5) is 18.6. The number of carboxylic acids is 1. The lowest BCUT2D eigenvalue weighted by molar-refractivity contribution is 0.0692. The number of hydrogen-bond acceptors (Lipinski definition) is 3. The molecule has 0 unspecified atom stereocenters. The number of aromatic nitrogens is 2. The van der Waals surface area contributed by atoms with E-state index < -0.39 is 5.97 Å². The normalized spacial score (nSPS) is 9.44. The number of aryl methyl sites for hydroxylation is 1. The number of benzene rings is 1. The summed E-state index contributed by atoms with van der Waals surface area (Å²) < 4.78 is 0. The average Bonchev–Trinajstić information content (AvgIpc) is 2.31. The Morgan fingerprint density at radius 3 is 2.56 bits per heavy atom. The maximum atomic E-state index is 10.8. The second-order valence-corrected chi connectivity index (χ2v) is 3.00. The highest BCUT2D eigenvalue weighted by Gasteiger charge is 2.10. The van der Waals surface area contributed by atoms with E-state index in [1.165, 1.54) is 6.33 Å². The van der Waals surface area contributed by atoms with Crippen LogP contribution in [0.15, 0.2) is 24.5 Å². The second kappa shape index (κ2) is 5.21. The molecule has 84 valence electrons. The van der Waals surface area contributed by atoms with Crippen molar-refractivity contribution in [1.82, 2.24) is 9.97 Å². The third-order valence-electron chi connectivity index (χ3n) is 2.07. The molecule has 0 spiro atoms. The summed E-state index contributed by atoms with van der Waals surface area (Å²) >= 11 is 0. The first-order valence-corrected chi connectivity index (χ1v) is 5.14. The van der Waals surface area contributed by atoms with Gasteiger partial charge < -0.3 is 5.11 Å². The van der Waals surface area contributed by atoms with Gasteiger partial charge in [-0.15, -0.1) is 0 Å². The molecule has 2 rings (SSSR count). The molecule has 0 amide bonds. The fourth-order valence-corrected chi connectivity index (χ4v) is 1.41. The molecular formula is C12H14N2O2. The van der Waals surface area contributed by atoms with Crippen molar-refractivity contribution in [2.24, 2.45) is 0 Å². The summed E-state index contributed by atoms with van der Waals surface area (Å²) in [6, 6.07) is 5.40. The van der Waals surface area contributed by atoms with Gasteiger partial charge in [0.2, 0.25) is 0 Å². The van der Waals surface area contributed by atoms with Crippen LogP contribution >= 0.6 is 0 Å². The zero-order chi connectivity index (χ0) is 12.1. The van der Waals surface area contributed by atoms with Crippen molar-refractivity contribution in [3.05, 3.63) is 35.8 Å². The Labute approximate surface area is 94.0 Å². The molecule has 0 saturated heterocycles. The molecule has 1 heterocycles. The highest BCUT2D eigenvalue weighted by Crippen LogP contribution is 2.17. The van der Waals surface area contributed by atoms with Crippen molar-refractivity contribution in [3.8, 4) is 0 Å². The van der Waals surface area contributed by atoms with E-state index in [1.54, 1.807) is 12.1 Å². The summed E-state index contributed by atoms with van der Waals surface area (Å²) in [5.74, 6) is -1.02. The van der Waals surface area contributed by atoms with E-state index in [0.717, 1.165) is 5.56 Å². The monoisotopic (exact) mass is 218 g/mol. The molecule has 0 aliphatic heterocycles. The van der Waals surface area contributed by atoms with E-state index in [2.05, 4.69) is 9.97 Å². The molecular weight excluding hydrogens is 204 g/mol. The first-order valence-electron chi connectivity index (χ1n) is 5.14. The Bertz CT molecular complexity index is 509. The lowest BCUT2D eigenvalue weighted by Gasteiger charge is -2.02. The van der Waals surface area contributed by atoms with Crippen LogP contribution in [0.3, 0.4) is 0 Å². The van der Waals surface area contributed by atoms with Gasteiger partial charge in [0.05, 0.1) is 5.52 Å². The quantitative estimate of drug-likeness (QED) is 0.799. The van der Waals surface area contributed by atoms with Gasteiger partial charge >= 0.3 is 5.97 Å². The fraction of sp³-hybridized carbons (Fsp3) is 0.250. The molecule has 4 nitrogen and oxygen atoms in total. The van der Waals surface area contributed by atoms with Gasteiger partial charge in [-0.1, -0.05) is 32.0 Å². The number of nitrogens with zero attached hydrogens (tertiary/aromatic N) is 2. The molecule has 0 radical (unpaired) electrons. The van der Waals surface area contributed by atoms with Gasteiger partial charge in [-0.05, 0) is 12.5 Å². The van der Waals surface area contributed by atoms with E-state index in [-0.39, 0.29) is 5.69 Å². The van der Waals surface area contributed by atoms with Gasteiger partial charge in [0.25, 0.3) is 0 Å². The minimum absolute atomic E-state index is 0.0544. The fourth-order valence-electron chi connectivity index (χ4n) is 1.41. The zero-order valence-electron chi connectivity index (χ0n) is 9.56. The van der Waals surface area contributed by atoms with E-state index in [4.69, 9.17) is 5.11 Å². The summed E-state index contributed by atoms with van der Waals surface area (Å²) in [7, 11) is 0. The maximum Gasteiger partial charge on any atom is 0.355 e. The number of fused-ring (bicyclic) bond motifs is 1. The standard InChI is InChI=1S/C10H8N2O2.C2H6/c1-6-3-2-4-7-8(6)11-5-12-9(7)10(13)14;1-2/h2-5H,1H3,(H,13,14);1-2H3. The second-order valence-electron chi connectivity index (χ2n) is 3.00. The molecule has 1 aromatic heterocycles. The lowest BCUT2D eigenvalue weighted by atomic mass is 10.1. The molecule has 4 heteroatoms. The summed E-state index contributed by atoms with van der Waals surface area (Å²) in [5.41, 5.74) is 1.70. The SMILES string of the molecule is CC.Cc1cccc2c(C(=O)O)ncnc12. The molecule has 1 aromatic carbocycles. The Balaban J connectivity index is 0.000000606. The van der Waals surface area contributed by atoms with Gasteiger partial charge in [-0.2, -0.15) is 0 Å². The Morgan fingerprint density at radius 2 is 1.94 bits per heavy atom. The number of carbonyl (C=O) groups is 1. The van der Waals surface area contributed by atoms with Crippen LogP contribution in [0.2, 0.25) is 0 Å². The highest BCUT2D eigenvalue weighted by molar-refractivity contribution is 6.01. The molecule has 2 aromatic rings. The van der Waals surface area contributed by atoms with E-state index in [0.29, 0.717) is 10.9 Å². The van der Waals surface area contributed by atoms with Crippen LogP contribution in [0.5, 0.6) is 0 Å². The minimum atomic E-state index is -1.02. The van der Waals surface area contributed by atoms with E-state index in [1.807, 2.05) is 26.8 Å². The molecule has 0 bridgehead atoms. The van der Waals surface area contributed by atoms with Gasteiger partial charge in [0.1, 0.15) is 6.33 Å². The van der Waals surface area contributed by atoms with Crippen LogP contribution < -0.4 is 0 Å². The Hall–Kier alpha value is -1.97. The van der Waals surface area contributed by atoms with Crippen LogP contribution in [-0.4, -0.2) is 21.0 Å². The first kappa shape index (κ1) is 12.1. The van der Waals surface area contributed by atoms with Gasteiger partial charge in [0.15, 0.2) is 5.69 Å². The van der Waals surface area contributed by atoms with Crippen LogP contribution in [0.25, 0.3) is 10.9 Å². The summed E-state index contributed by atoms with van der Waals surface area (Å²) in [6.07, 6.45) is 1.28. The summed E-state index contributed by atoms with van der Waals surface area (Å²) in [5, 5.41) is 9.47. The maximum absolute atomic E-state index is 10.8. The van der Waals surface area contributed by atoms with Crippen molar-refractivity contribution in [3.63, 3.8) is 0 Å². The number of rotatable bonds is 1. The molecule has 0 aliphatic rings. The largest absolute Gasteiger partial charge is 0.476 e. The van der Waals surface area contributed by atoms with Crippen LogP contribution in [0.1, 0.15) is 29.9 Å². The Morgan fingerprint density at radius 1 is 1.25 bits per heavy atom. The smallest absolute Gasteiger partial charge is 0.355 e. The van der Waals surface area contributed by atoms with Crippen molar-refractivity contribution in [2.45, 2.75) is 20.8 Å². The summed E-state index contributed by atoms with van der Waals surface area (Å²) in [6.45, 7) is 5.89. The van der Waals surface area contributed by atoms with Crippen LogP contribution in [0.4, 0.5) is 0 Å². The molecule has 0 saturated carbocycles. The minimum Gasteiger partial charge on any atom is -0.476 e. The predicted octanol–water partition coefficient (Wildman–Crippen LogP) is 2.66. The molecule has 16 heavy (non-hydrogen) atoms. The van der Waals surface area contributed by atoms with Gasteiger partial charge in [0, 0.05) is 5.39 Å². The third kappa shape index (κ3) is 2.16. The lowest BCUT2D eigenvalue weighted by Crippen LogP contribution is -2.02. The highest BCUT2D eigenvalue weighted by atomic mass is 16.4. The Kier molecular flexibility index (Phi) is 3.94. The topological polar surface area (TPSA) is 63.1 Å². The number of carboxylic acid groups (broad SMARTS) is 1. The number of aromatic carboxylic acids is 1. The molecule has 0 fully saturated rings. The van der Waals surface area contributed by atoms with Crippen molar-refractivity contribution in [2.75, 3.05) is 0 Å². The van der Waals surface area contributed by atoms with Crippen molar-refractivity contribution >= 4 is 16.9 Å². The van der Waals surface area contributed by atoms with Gasteiger partial charge in [-0.3, -0.25) is 0 Å². The van der Waals surface area contributed by atoms with E-state index in [9.17, 15) is 4.79 Å². The van der Waals surface area contributed by atoms with Crippen LogP contribution in [0, 0.1) is 6.92 Å². The average molecular weight is 218 g/mol.